The molecule has 5 nitrogen and oxygen atoms in total. The number of aromatic nitrogens is 1. The molecule has 0 spiro atoms. The molecule has 0 aliphatic heterocycles. The van der Waals surface area contributed by atoms with Gasteiger partial charge in [0.05, 0.1) is 4.90 Å². The molecule has 0 aliphatic carbocycles. The molecule has 0 saturated carbocycles. The molecule has 7 heteroatoms. The molecule has 21 heavy (non-hydrogen) atoms. The topological polar surface area (TPSA) is 85.1 Å². The van der Waals surface area contributed by atoms with Crippen LogP contribution < -0.4 is 10.5 Å². The number of sulfonamides is 1. The van der Waals surface area contributed by atoms with Crippen LogP contribution in [0.25, 0.3) is 0 Å². The van der Waals surface area contributed by atoms with E-state index in [2.05, 4.69) is 9.71 Å². The highest BCUT2D eigenvalue weighted by molar-refractivity contribution is 7.89. The van der Waals surface area contributed by atoms with E-state index in [1.165, 1.54) is 18.2 Å². The predicted molar refractivity (Wildman–Crippen MR) is 82.3 cm³/mol. The molecule has 0 fully saturated rings. The molecular formula is C14H16ClN3O2S. The van der Waals surface area contributed by atoms with Crippen LogP contribution in [0.4, 0.5) is 0 Å². The van der Waals surface area contributed by atoms with Gasteiger partial charge in [-0.15, -0.1) is 0 Å². The lowest BCUT2D eigenvalue weighted by Crippen LogP contribution is -2.27. The summed E-state index contributed by atoms with van der Waals surface area (Å²) in [6, 6.07) is 7.65. The Hall–Kier alpha value is -1.47. The minimum Gasteiger partial charge on any atom is -0.326 e. The maximum atomic E-state index is 12.4. The third kappa shape index (κ3) is 3.79. The lowest BCUT2D eigenvalue weighted by atomic mass is 10.1. The van der Waals surface area contributed by atoms with Gasteiger partial charge in [0.2, 0.25) is 10.0 Å². The summed E-state index contributed by atoms with van der Waals surface area (Å²) in [5.74, 6) is 0. The summed E-state index contributed by atoms with van der Waals surface area (Å²) in [6.07, 6.45) is 3.24. The van der Waals surface area contributed by atoms with E-state index in [9.17, 15) is 8.42 Å². The van der Waals surface area contributed by atoms with Crippen LogP contribution in [-0.4, -0.2) is 13.4 Å². The molecule has 112 valence electrons. The SMILES string of the molecule is CC(NS(=O)(=O)c1ccc(Cl)c(CN)c1)c1ccncc1. The fraction of sp³-hybridized carbons (Fsp3) is 0.214. The summed E-state index contributed by atoms with van der Waals surface area (Å²) in [7, 11) is -3.64. The number of rotatable bonds is 5. The molecule has 0 radical (unpaired) electrons. The Balaban J connectivity index is 2.26. The smallest absolute Gasteiger partial charge is 0.241 e. The molecule has 1 heterocycles. The summed E-state index contributed by atoms with van der Waals surface area (Å²) in [6.45, 7) is 1.95. The van der Waals surface area contributed by atoms with E-state index in [0.29, 0.717) is 10.6 Å². The quantitative estimate of drug-likeness (QED) is 0.882. The Morgan fingerprint density at radius 2 is 1.95 bits per heavy atom. The monoisotopic (exact) mass is 325 g/mol. The molecule has 0 saturated heterocycles. The molecule has 1 aromatic carbocycles. The molecule has 1 aromatic heterocycles. The zero-order valence-corrected chi connectivity index (χ0v) is 13.0. The van der Waals surface area contributed by atoms with Crippen LogP contribution in [0.1, 0.15) is 24.1 Å². The normalized spacial score (nSPS) is 13.1. The number of pyridine rings is 1. The third-order valence-electron chi connectivity index (χ3n) is 3.09. The van der Waals surface area contributed by atoms with Crippen LogP contribution in [0.5, 0.6) is 0 Å². The van der Waals surface area contributed by atoms with Crippen LogP contribution in [0.15, 0.2) is 47.6 Å². The van der Waals surface area contributed by atoms with E-state index >= 15 is 0 Å². The number of nitrogens with one attached hydrogen (secondary N) is 1. The van der Waals surface area contributed by atoms with Crippen LogP contribution in [0, 0.1) is 0 Å². The fourth-order valence-electron chi connectivity index (χ4n) is 1.90. The lowest BCUT2D eigenvalue weighted by molar-refractivity contribution is 0.566. The highest BCUT2D eigenvalue weighted by Gasteiger charge is 2.19. The van der Waals surface area contributed by atoms with Crippen molar-refractivity contribution in [2.24, 2.45) is 5.73 Å². The summed E-state index contributed by atoms with van der Waals surface area (Å²) >= 11 is 5.95. The van der Waals surface area contributed by atoms with Crippen molar-refractivity contribution in [2.75, 3.05) is 0 Å². The van der Waals surface area contributed by atoms with Crippen LogP contribution in [-0.2, 0) is 16.6 Å². The predicted octanol–water partition coefficient (Wildman–Crippen LogP) is 2.23. The van der Waals surface area contributed by atoms with Gasteiger partial charge in [0.25, 0.3) is 0 Å². The Bertz CT molecular complexity index is 720. The molecule has 0 amide bonds. The molecule has 0 aliphatic rings. The largest absolute Gasteiger partial charge is 0.326 e. The minimum atomic E-state index is -3.64. The minimum absolute atomic E-state index is 0.147. The number of nitrogens with zero attached hydrogens (tertiary/aromatic N) is 1. The van der Waals surface area contributed by atoms with E-state index in [0.717, 1.165) is 5.56 Å². The van der Waals surface area contributed by atoms with Crippen molar-refractivity contribution in [3.05, 3.63) is 58.9 Å². The third-order valence-corrected chi connectivity index (χ3v) is 4.99. The van der Waals surface area contributed by atoms with E-state index in [1.807, 2.05) is 0 Å². The average Bonchev–Trinajstić information content (AvgIpc) is 2.48. The van der Waals surface area contributed by atoms with Gasteiger partial charge in [0.15, 0.2) is 0 Å². The van der Waals surface area contributed by atoms with Crippen molar-refractivity contribution in [2.45, 2.75) is 24.4 Å². The summed E-state index contributed by atoms with van der Waals surface area (Å²) in [5, 5.41) is 0.457. The number of halogens is 1. The molecule has 1 unspecified atom stereocenters. The van der Waals surface area contributed by atoms with Crippen LogP contribution in [0.3, 0.4) is 0 Å². The highest BCUT2D eigenvalue weighted by atomic mass is 35.5. The van der Waals surface area contributed by atoms with Crippen molar-refractivity contribution < 1.29 is 8.42 Å². The summed E-state index contributed by atoms with van der Waals surface area (Å²) in [4.78, 5) is 4.06. The van der Waals surface area contributed by atoms with Crippen molar-refractivity contribution in [3.8, 4) is 0 Å². The second-order valence-electron chi connectivity index (χ2n) is 4.58. The van der Waals surface area contributed by atoms with Crippen molar-refractivity contribution in [1.82, 2.24) is 9.71 Å². The van der Waals surface area contributed by atoms with Crippen LogP contribution in [0.2, 0.25) is 5.02 Å². The molecule has 0 bridgehead atoms. The van der Waals surface area contributed by atoms with Crippen LogP contribution >= 0.6 is 11.6 Å². The average molecular weight is 326 g/mol. The van der Waals surface area contributed by atoms with Gasteiger partial charge in [-0.2, -0.15) is 0 Å². The second-order valence-corrected chi connectivity index (χ2v) is 6.70. The molecule has 3 N–H and O–H groups in total. The van der Waals surface area contributed by atoms with Gasteiger partial charge in [-0.3, -0.25) is 4.98 Å². The maximum absolute atomic E-state index is 12.4. The number of benzene rings is 1. The number of nitrogens with two attached hydrogens (primary N) is 1. The molecule has 2 aromatic rings. The summed E-state index contributed by atoms with van der Waals surface area (Å²) < 4.78 is 27.4. The van der Waals surface area contributed by atoms with Crippen molar-refractivity contribution >= 4 is 21.6 Å². The van der Waals surface area contributed by atoms with E-state index in [4.69, 9.17) is 17.3 Å². The number of hydrogen-bond donors (Lipinski definition) is 2. The molecule has 1 atom stereocenters. The second kappa shape index (κ2) is 6.53. The van der Waals surface area contributed by atoms with Gasteiger partial charge in [0, 0.05) is 30.0 Å². The maximum Gasteiger partial charge on any atom is 0.241 e. The Morgan fingerprint density at radius 1 is 1.29 bits per heavy atom. The van der Waals surface area contributed by atoms with E-state index < -0.39 is 10.0 Å². The first-order valence-corrected chi connectivity index (χ1v) is 8.21. The van der Waals surface area contributed by atoms with Gasteiger partial charge in [0.1, 0.15) is 0 Å². The summed E-state index contributed by atoms with van der Waals surface area (Å²) in [5.41, 5.74) is 6.98. The van der Waals surface area contributed by atoms with Gasteiger partial charge < -0.3 is 5.73 Å². The molecular weight excluding hydrogens is 310 g/mol. The standard InChI is InChI=1S/C14H16ClN3O2S/c1-10(11-4-6-17-7-5-11)18-21(19,20)13-2-3-14(15)12(8-13)9-16/h2-8,10,18H,9,16H2,1H3. The number of hydrogen-bond acceptors (Lipinski definition) is 4. The van der Waals surface area contributed by atoms with Crippen molar-refractivity contribution in [1.29, 1.82) is 0 Å². The van der Waals surface area contributed by atoms with Gasteiger partial charge >= 0.3 is 0 Å². The first-order valence-electron chi connectivity index (χ1n) is 6.35. The Kier molecular flexibility index (Phi) is 4.95. The van der Waals surface area contributed by atoms with Crippen molar-refractivity contribution in [3.63, 3.8) is 0 Å². The molecule has 2 rings (SSSR count). The lowest BCUT2D eigenvalue weighted by Gasteiger charge is -2.15. The van der Waals surface area contributed by atoms with Gasteiger partial charge in [-0.25, -0.2) is 13.1 Å². The Morgan fingerprint density at radius 3 is 2.57 bits per heavy atom. The van der Waals surface area contributed by atoms with E-state index in [-0.39, 0.29) is 17.5 Å². The van der Waals surface area contributed by atoms with E-state index in [1.54, 1.807) is 31.5 Å². The first-order chi connectivity index (χ1) is 9.94. The fourth-order valence-corrected chi connectivity index (χ4v) is 3.37. The zero-order valence-electron chi connectivity index (χ0n) is 11.5. The van der Waals surface area contributed by atoms with Gasteiger partial charge in [-0.05, 0) is 48.4 Å². The van der Waals surface area contributed by atoms with Gasteiger partial charge in [-0.1, -0.05) is 11.6 Å². The first kappa shape index (κ1) is 15.9. The zero-order chi connectivity index (χ0) is 15.5. The highest BCUT2D eigenvalue weighted by Crippen LogP contribution is 2.21. The Labute approximate surface area is 129 Å².